The van der Waals surface area contributed by atoms with Crippen molar-refractivity contribution in [1.29, 1.82) is 0 Å². The van der Waals surface area contributed by atoms with E-state index in [1.54, 1.807) is 6.92 Å². The number of nitrogens with zero attached hydrogens (tertiary/aromatic N) is 3. The van der Waals surface area contributed by atoms with Gasteiger partial charge in [0.25, 0.3) is 0 Å². The maximum Gasteiger partial charge on any atom is 0.384 e. The smallest absolute Gasteiger partial charge is 0.384 e. The Morgan fingerprint density at radius 2 is 2.00 bits per heavy atom. The van der Waals surface area contributed by atoms with Crippen molar-refractivity contribution in [1.82, 2.24) is 15.3 Å². The molecule has 1 heterocycles. The molecule has 1 aromatic heterocycles. The molecule has 0 saturated carbocycles. The van der Waals surface area contributed by atoms with Gasteiger partial charge in [-0.3, -0.25) is 0 Å². The summed E-state index contributed by atoms with van der Waals surface area (Å²) in [5, 5.41) is 13.6. The minimum absolute atomic E-state index is 0. The molecule has 2 rings (SSSR count). The lowest BCUT2D eigenvalue weighted by molar-refractivity contribution is -0.470. The fraction of sp³-hybridized carbons (Fsp3) is 0.182. The van der Waals surface area contributed by atoms with Crippen molar-refractivity contribution >= 4 is 5.97 Å². The Morgan fingerprint density at radius 1 is 1.28 bits per heavy atom. The highest BCUT2D eigenvalue weighted by Gasteiger charge is 2.15. The fourth-order valence-electron chi connectivity index (χ4n) is 1.18. The van der Waals surface area contributed by atoms with E-state index >= 15 is 0 Å². The molecule has 0 unspecified atom stereocenters. The Balaban J connectivity index is 0.00000162. The zero-order valence-electron chi connectivity index (χ0n) is 9.63. The number of aromatic nitrogens is 4. The third-order valence-corrected chi connectivity index (χ3v) is 2.01. The van der Waals surface area contributed by atoms with Crippen LogP contribution in [-0.2, 0) is 11.3 Å². The van der Waals surface area contributed by atoms with Crippen LogP contribution in [0.25, 0.3) is 0 Å². The van der Waals surface area contributed by atoms with Crippen LogP contribution in [0.4, 0.5) is 0 Å². The van der Waals surface area contributed by atoms with Crippen molar-refractivity contribution in [3.05, 3.63) is 47.5 Å². The highest BCUT2D eigenvalue weighted by atomic mass is 127. The molecule has 2 aromatic rings. The van der Waals surface area contributed by atoms with Crippen LogP contribution in [0.1, 0.15) is 22.0 Å². The molecule has 18 heavy (non-hydrogen) atoms. The number of esters is 1. The number of benzene rings is 1. The van der Waals surface area contributed by atoms with Crippen LogP contribution in [0.3, 0.4) is 0 Å². The summed E-state index contributed by atoms with van der Waals surface area (Å²) in [6.45, 7) is 1.88. The number of hydrogen-bond donors (Lipinski definition) is 0. The van der Waals surface area contributed by atoms with E-state index in [0.717, 1.165) is 5.56 Å². The van der Waals surface area contributed by atoms with Gasteiger partial charge in [0.2, 0.25) is 0 Å². The molecular weight excluding hydrogens is 347 g/mol. The van der Waals surface area contributed by atoms with Gasteiger partial charge in [-0.15, -0.1) is 5.10 Å². The van der Waals surface area contributed by atoms with Gasteiger partial charge in [0.15, 0.2) is 0 Å². The lowest BCUT2D eigenvalue weighted by Crippen LogP contribution is -3.00. The summed E-state index contributed by atoms with van der Waals surface area (Å²) >= 11 is 0. The Morgan fingerprint density at radius 3 is 2.61 bits per heavy atom. The van der Waals surface area contributed by atoms with Crippen LogP contribution in [0.2, 0.25) is 0 Å². The zero-order chi connectivity index (χ0) is 12.1. The number of nitrogens with one attached hydrogen (secondary N) is 1. The summed E-state index contributed by atoms with van der Waals surface area (Å²) in [5.41, 5.74) is 0.907. The molecule has 0 fully saturated rings. The van der Waals surface area contributed by atoms with Crippen LogP contribution in [-0.4, -0.2) is 21.3 Å². The second-order valence-corrected chi connectivity index (χ2v) is 3.39. The van der Waals surface area contributed by atoms with E-state index in [4.69, 9.17) is 4.74 Å². The third kappa shape index (κ3) is 3.99. The monoisotopic (exact) mass is 358 g/mol. The van der Waals surface area contributed by atoms with Gasteiger partial charge in [-0.25, -0.2) is 4.79 Å². The predicted molar refractivity (Wildman–Crippen MR) is 56.7 cm³/mol. The van der Waals surface area contributed by atoms with Crippen LogP contribution in [0, 0.1) is 6.92 Å². The lowest BCUT2D eigenvalue weighted by atomic mass is 10.2. The van der Waals surface area contributed by atoms with E-state index in [1.165, 1.54) is 0 Å². The number of aryl methyl sites for hydroxylation is 1. The van der Waals surface area contributed by atoms with Crippen molar-refractivity contribution in [3.8, 4) is 0 Å². The third-order valence-electron chi connectivity index (χ3n) is 2.01. The van der Waals surface area contributed by atoms with Crippen molar-refractivity contribution in [3.63, 3.8) is 0 Å². The molecule has 0 aliphatic carbocycles. The van der Waals surface area contributed by atoms with Crippen molar-refractivity contribution in [2.45, 2.75) is 13.5 Å². The first-order valence-corrected chi connectivity index (χ1v) is 5.06. The molecule has 1 aromatic carbocycles. The molecule has 0 atom stereocenters. The number of hydrogen-bond acceptors (Lipinski definition) is 5. The second kappa shape index (κ2) is 6.94. The number of aromatic amines is 1. The fourth-order valence-corrected chi connectivity index (χ4v) is 1.18. The minimum atomic E-state index is -0.599. The van der Waals surface area contributed by atoms with Gasteiger partial charge >= 0.3 is 17.6 Å². The average Bonchev–Trinajstić information content (AvgIpc) is 2.38. The Labute approximate surface area is 121 Å². The summed E-state index contributed by atoms with van der Waals surface area (Å²) < 4.78 is 5.03. The van der Waals surface area contributed by atoms with Crippen molar-refractivity contribution in [2.75, 3.05) is 0 Å². The Hall–Kier alpha value is -1.64. The molecule has 0 radical (unpaired) electrons. The SMILES string of the molecule is Cc1nnc(C(=O)OCc2ccccc2)n[nH+]1.[I-]. The number of ether oxygens (including phenoxy) is 1. The Kier molecular flexibility index (Phi) is 5.56. The number of carbonyl (C=O) groups is 1. The van der Waals surface area contributed by atoms with E-state index in [2.05, 4.69) is 20.4 Å². The molecule has 0 amide bonds. The maximum absolute atomic E-state index is 11.5. The molecule has 94 valence electrons. The first kappa shape index (κ1) is 14.4. The lowest BCUT2D eigenvalue weighted by Gasteiger charge is -2.01. The van der Waals surface area contributed by atoms with Gasteiger partial charge in [0, 0.05) is 6.92 Å². The topological polar surface area (TPSA) is 79.1 Å². The molecular formula is C11H11IN4O2. The van der Waals surface area contributed by atoms with Crippen LogP contribution >= 0.6 is 0 Å². The van der Waals surface area contributed by atoms with Crippen LogP contribution in [0.15, 0.2) is 30.3 Å². The van der Waals surface area contributed by atoms with Crippen molar-refractivity contribution in [2.24, 2.45) is 0 Å². The summed E-state index contributed by atoms with van der Waals surface area (Å²) in [4.78, 5) is 11.5. The van der Waals surface area contributed by atoms with E-state index in [-0.39, 0.29) is 36.4 Å². The Bertz CT molecular complexity index is 504. The van der Waals surface area contributed by atoms with Crippen LogP contribution in [0.5, 0.6) is 0 Å². The highest BCUT2D eigenvalue weighted by Crippen LogP contribution is 2.01. The normalized spacial score (nSPS) is 9.39. The quantitative estimate of drug-likeness (QED) is 0.443. The van der Waals surface area contributed by atoms with Gasteiger partial charge in [-0.05, 0) is 10.7 Å². The predicted octanol–water partition coefficient (Wildman–Crippen LogP) is -2.64. The molecule has 0 aliphatic rings. The van der Waals surface area contributed by atoms with Crippen molar-refractivity contribution < 1.29 is 38.6 Å². The summed E-state index contributed by atoms with van der Waals surface area (Å²) in [6.07, 6.45) is 0. The number of halogens is 1. The first-order chi connectivity index (χ1) is 8.25. The van der Waals surface area contributed by atoms with Gasteiger partial charge < -0.3 is 28.7 Å². The standard InChI is InChI=1S/C11H10N4O2.HI/c1-8-12-14-10(15-13-8)11(16)17-7-9-5-3-2-4-6-9;/h2-6H,7H2,1H3;1H. The van der Waals surface area contributed by atoms with Gasteiger partial charge in [-0.2, -0.15) is 0 Å². The number of rotatable bonds is 3. The number of carbonyl (C=O) groups excluding carboxylic acids is 1. The molecule has 1 N–H and O–H groups in total. The molecule has 6 nitrogen and oxygen atoms in total. The minimum Gasteiger partial charge on any atom is -1.00 e. The second-order valence-electron chi connectivity index (χ2n) is 3.39. The summed E-state index contributed by atoms with van der Waals surface area (Å²) in [6, 6.07) is 9.39. The molecule has 0 bridgehead atoms. The van der Waals surface area contributed by atoms with E-state index in [0.29, 0.717) is 5.82 Å². The van der Waals surface area contributed by atoms with Gasteiger partial charge in [-0.1, -0.05) is 35.4 Å². The van der Waals surface area contributed by atoms with E-state index < -0.39 is 5.97 Å². The van der Waals surface area contributed by atoms with Gasteiger partial charge in [0.05, 0.1) is 5.10 Å². The largest absolute Gasteiger partial charge is 1.00 e. The van der Waals surface area contributed by atoms with Crippen LogP contribution < -0.4 is 29.1 Å². The summed E-state index contributed by atoms with van der Waals surface area (Å²) in [7, 11) is 0. The molecule has 0 aliphatic heterocycles. The van der Waals surface area contributed by atoms with E-state index in [9.17, 15) is 4.79 Å². The molecule has 0 spiro atoms. The average molecular weight is 358 g/mol. The molecule has 7 heteroatoms. The zero-order valence-corrected chi connectivity index (χ0v) is 11.8. The van der Waals surface area contributed by atoms with Gasteiger partial charge in [0.1, 0.15) is 6.61 Å². The number of H-pyrrole nitrogens is 1. The first-order valence-electron chi connectivity index (χ1n) is 5.06. The van der Waals surface area contributed by atoms with E-state index in [1.807, 2.05) is 30.3 Å². The molecule has 0 saturated heterocycles. The maximum atomic E-state index is 11.5. The highest BCUT2D eigenvalue weighted by molar-refractivity contribution is 5.84. The summed E-state index contributed by atoms with van der Waals surface area (Å²) in [5.74, 6) is -0.145.